The molecule has 2 aromatic carbocycles. The number of benzene rings is 2. The third kappa shape index (κ3) is 4.34. The Kier molecular flexibility index (Phi) is 5.78. The number of thiazole rings is 1. The Bertz CT molecular complexity index is 1240. The molecule has 0 amide bonds. The molecule has 0 aliphatic heterocycles. The number of hydrogen-bond acceptors (Lipinski definition) is 5. The summed E-state index contributed by atoms with van der Waals surface area (Å²) in [5, 5.41) is 2.06. The molecule has 30 heavy (non-hydrogen) atoms. The van der Waals surface area contributed by atoms with Crippen LogP contribution >= 0.6 is 11.3 Å². The lowest BCUT2D eigenvalue weighted by atomic mass is 10.1. The van der Waals surface area contributed by atoms with Crippen LogP contribution in [0.15, 0.2) is 65.0 Å². The summed E-state index contributed by atoms with van der Waals surface area (Å²) < 4.78 is 35.6. The minimum atomic E-state index is -3.67. The van der Waals surface area contributed by atoms with Crippen LogP contribution in [0.3, 0.4) is 0 Å². The predicted octanol–water partition coefficient (Wildman–Crippen LogP) is 5.35. The molecule has 1 N–H and O–H groups in total. The lowest BCUT2D eigenvalue weighted by molar-refractivity contribution is 0.309. The van der Waals surface area contributed by atoms with E-state index in [9.17, 15) is 8.42 Å². The molecule has 2 aromatic heterocycles. The van der Waals surface area contributed by atoms with Gasteiger partial charge < -0.3 is 4.74 Å². The van der Waals surface area contributed by atoms with Crippen molar-refractivity contribution < 1.29 is 13.2 Å². The van der Waals surface area contributed by atoms with Gasteiger partial charge in [-0.1, -0.05) is 25.5 Å². The lowest BCUT2D eigenvalue weighted by Crippen LogP contribution is -2.12. The van der Waals surface area contributed by atoms with Crippen molar-refractivity contribution in [1.29, 1.82) is 0 Å². The van der Waals surface area contributed by atoms with Crippen molar-refractivity contribution in [3.05, 3.63) is 65.8 Å². The quantitative estimate of drug-likeness (QED) is 0.374. The number of rotatable bonds is 8. The number of fused-ring (bicyclic) bond motifs is 1. The van der Waals surface area contributed by atoms with E-state index in [1.54, 1.807) is 47.7 Å². The van der Waals surface area contributed by atoms with Crippen molar-refractivity contribution in [2.45, 2.75) is 31.6 Å². The summed E-state index contributed by atoms with van der Waals surface area (Å²) in [5.41, 5.74) is 3.43. The number of unbranched alkanes of at least 4 members (excludes halogenated alkanes) is 1. The molecule has 0 atom stereocenters. The van der Waals surface area contributed by atoms with Crippen LogP contribution in [0.25, 0.3) is 16.2 Å². The molecule has 4 rings (SSSR count). The van der Waals surface area contributed by atoms with Gasteiger partial charge in [0, 0.05) is 28.5 Å². The zero-order valence-corrected chi connectivity index (χ0v) is 18.5. The van der Waals surface area contributed by atoms with Gasteiger partial charge in [-0.2, -0.15) is 0 Å². The normalized spacial score (nSPS) is 11.7. The second-order valence-corrected chi connectivity index (χ2v) is 9.53. The van der Waals surface area contributed by atoms with Crippen molar-refractivity contribution in [1.82, 2.24) is 9.38 Å². The van der Waals surface area contributed by atoms with E-state index < -0.39 is 10.0 Å². The summed E-state index contributed by atoms with van der Waals surface area (Å²) >= 11 is 1.60. The Balaban J connectivity index is 1.46. The average Bonchev–Trinajstić information content (AvgIpc) is 3.31. The highest BCUT2D eigenvalue weighted by molar-refractivity contribution is 7.92. The third-order valence-electron chi connectivity index (χ3n) is 4.72. The number of anilines is 1. The SMILES string of the molecule is CCCCOc1ccc(S(=O)(=O)Nc2ccc(-c3cn4c(C)csc4n3)cc2)cc1. The average molecular weight is 442 g/mol. The Labute approximate surface area is 180 Å². The summed E-state index contributed by atoms with van der Waals surface area (Å²) in [6.07, 6.45) is 4.01. The molecular formula is C22H23N3O3S2. The van der Waals surface area contributed by atoms with Crippen LogP contribution in [0.2, 0.25) is 0 Å². The van der Waals surface area contributed by atoms with E-state index in [0.717, 1.165) is 34.8 Å². The number of aryl methyl sites for hydroxylation is 1. The Morgan fingerprint density at radius 2 is 1.83 bits per heavy atom. The molecule has 0 unspecified atom stereocenters. The van der Waals surface area contributed by atoms with Crippen molar-refractivity contribution in [2.24, 2.45) is 0 Å². The summed E-state index contributed by atoms with van der Waals surface area (Å²) in [7, 11) is -3.67. The number of imidazole rings is 1. The molecule has 4 aromatic rings. The Hall–Kier alpha value is -2.84. The van der Waals surface area contributed by atoms with Crippen LogP contribution < -0.4 is 9.46 Å². The van der Waals surface area contributed by atoms with Crippen LogP contribution in [-0.4, -0.2) is 24.4 Å². The summed E-state index contributed by atoms with van der Waals surface area (Å²) in [4.78, 5) is 5.75. The zero-order chi connectivity index (χ0) is 21.1. The van der Waals surface area contributed by atoms with E-state index >= 15 is 0 Å². The van der Waals surface area contributed by atoms with Crippen LogP contribution in [0.1, 0.15) is 25.5 Å². The fraction of sp³-hybridized carbons (Fsp3) is 0.227. The van der Waals surface area contributed by atoms with Gasteiger partial charge in [0.2, 0.25) is 0 Å². The maximum atomic E-state index is 12.7. The number of ether oxygens (including phenoxy) is 1. The Morgan fingerprint density at radius 1 is 1.10 bits per heavy atom. The lowest BCUT2D eigenvalue weighted by Gasteiger charge is -2.10. The first-order chi connectivity index (χ1) is 14.5. The van der Waals surface area contributed by atoms with Crippen molar-refractivity contribution >= 4 is 32.0 Å². The van der Waals surface area contributed by atoms with Crippen LogP contribution in [0.5, 0.6) is 5.75 Å². The fourth-order valence-corrected chi connectivity index (χ4v) is 4.91. The van der Waals surface area contributed by atoms with Gasteiger partial charge in [0.05, 0.1) is 17.2 Å². The number of sulfonamides is 1. The maximum Gasteiger partial charge on any atom is 0.261 e. The molecule has 6 nitrogen and oxygen atoms in total. The maximum absolute atomic E-state index is 12.7. The van der Waals surface area contributed by atoms with Crippen molar-refractivity contribution in [2.75, 3.05) is 11.3 Å². The number of aromatic nitrogens is 2. The first-order valence-electron chi connectivity index (χ1n) is 9.75. The van der Waals surface area contributed by atoms with Gasteiger partial charge in [0.1, 0.15) is 5.75 Å². The van der Waals surface area contributed by atoms with E-state index in [2.05, 4.69) is 22.0 Å². The van der Waals surface area contributed by atoms with Gasteiger partial charge in [0.15, 0.2) is 4.96 Å². The molecule has 2 heterocycles. The molecular weight excluding hydrogens is 418 g/mol. The van der Waals surface area contributed by atoms with Gasteiger partial charge in [0.25, 0.3) is 10.0 Å². The van der Waals surface area contributed by atoms with E-state index in [4.69, 9.17) is 4.74 Å². The van der Waals surface area contributed by atoms with Gasteiger partial charge in [-0.15, -0.1) is 11.3 Å². The van der Waals surface area contributed by atoms with Crippen LogP contribution in [-0.2, 0) is 10.0 Å². The Morgan fingerprint density at radius 3 is 2.50 bits per heavy atom. The monoisotopic (exact) mass is 441 g/mol. The fourth-order valence-electron chi connectivity index (χ4n) is 3.01. The topological polar surface area (TPSA) is 72.7 Å². The summed E-state index contributed by atoms with van der Waals surface area (Å²) in [6.45, 7) is 4.76. The highest BCUT2D eigenvalue weighted by Crippen LogP contribution is 2.26. The molecule has 0 fully saturated rings. The molecule has 8 heteroatoms. The van der Waals surface area contributed by atoms with E-state index in [1.165, 1.54) is 0 Å². The first kappa shape index (κ1) is 20.4. The highest BCUT2D eigenvalue weighted by Gasteiger charge is 2.15. The molecule has 0 bridgehead atoms. The minimum absolute atomic E-state index is 0.194. The molecule has 0 radical (unpaired) electrons. The van der Waals surface area contributed by atoms with Gasteiger partial charge in [-0.3, -0.25) is 9.12 Å². The van der Waals surface area contributed by atoms with Gasteiger partial charge in [-0.25, -0.2) is 13.4 Å². The van der Waals surface area contributed by atoms with E-state index in [0.29, 0.717) is 18.0 Å². The standard InChI is InChI=1S/C22H23N3O3S2/c1-3-4-13-28-19-9-11-20(12-10-19)30(26,27)24-18-7-5-17(6-8-18)21-14-25-16(2)15-29-22(25)23-21/h5-12,14-15,24H,3-4,13H2,1-2H3. The van der Waals surface area contributed by atoms with E-state index in [-0.39, 0.29) is 4.90 Å². The van der Waals surface area contributed by atoms with Crippen molar-refractivity contribution in [3.8, 4) is 17.0 Å². The van der Waals surface area contributed by atoms with E-state index in [1.807, 2.05) is 29.7 Å². The molecule has 0 aliphatic carbocycles. The number of hydrogen-bond donors (Lipinski definition) is 1. The second-order valence-electron chi connectivity index (χ2n) is 7.01. The third-order valence-corrected chi connectivity index (χ3v) is 7.08. The van der Waals surface area contributed by atoms with Crippen LogP contribution in [0, 0.1) is 6.92 Å². The van der Waals surface area contributed by atoms with Gasteiger partial charge in [-0.05, 0) is 49.7 Å². The molecule has 0 saturated heterocycles. The largest absolute Gasteiger partial charge is 0.494 e. The number of nitrogens with zero attached hydrogens (tertiary/aromatic N) is 2. The summed E-state index contributed by atoms with van der Waals surface area (Å²) in [6, 6.07) is 13.7. The first-order valence-corrected chi connectivity index (χ1v) is 12.1. The molecule has 0 spiro atoms. The highest BCUT2D eigenvalue weighted by atomic mass is 32.2. The van der Waals surface area contributed by atoms with Crippen molar-refractivity contribution in [3.63, 3.8) is 0 Å². The predicted molar refractivity (Wildman–Crippen MR) is 121 cm³/mol. The second kappa shape index (κ2) is 8.49. The van der Waals surface area contributed by atoms with Crippen LogP contribution in [0.4, 0.5) is 5.69 Å². The molecule has 0 saturated carbocycles. The van der Waals surface area contributed by atoms with Gasteiger partial charge >= 0.3 is 0 Å². The zero-order valence-electron chi connectivity index (χ0n) is 16.8. The summed E-state index contributed by atoms with van der Waals surface area (Å²) in [5.74, 6) is 0.668. The number of nitrogens with one attached hydrogen (secondary N) is 1. The minimum Gasteiger partial charge on any atom is -0.494 e. The molecule has 0 aliphatic rings. The molecule has 156 valence electrons. The smallest absolute Gasteiger partial charge is 0.261 e.